The molecule has 0 saturated carbocycles. The number of nitrogens with zero attached hydrogens (tertiary/aromatic N) is 1. The Kier molecular flexibility index (Phi) is 3.36. The first-order chi connectivity index (χ1) is 8.34. The molecule has 0 radical (unpaired) electrons. The summed E-state index contributed by atoms with van der Waals surface area (Å²) in [6, 6.07) is 0.659. The monoisotopic (exact) mass is 238 g/mol. The van der Waals surface area contributed by atoms with Crippen molar-refractivity contribution in [2.24, 2.45) is 5.73 Å². The lowest BCUT2D eigenvalue weighted by atomic mass is 9.96. The van der Waals surface area contributed by atoms with Gasteiger partial charge in [-0.05, 0) is 37.8 Å². The quantitative estimate of drug-likeness (QED) is 0.775. The molecule has 3 rings (SSSR count). The van der Waals surface area contributed by atoms with Gasteiger partial charge in [-0.15, -0.1) is 0 Å². The van der Waals surface area contributed by atoms with Crippen LogP contribution in [0.1, 0.15) is 25.7 Å². The van der Waals surface area contributed by atoms with Crippen molar-refractivity contribution < 1.29 is 9.47 Å². The van der Waals surface area contributed by atoms with Crippen molar-refractivity contribution in [2.45, 2.75) is 43.9 Å². The number of hydrogen-bond donors (Lipinski definition) is 1. The molecule has 4 nitrogen and oxygen atoms in total. The first-order valence-corrected chi connectivity index (χ1v) is 6.76. The van der Waals surface area contributed by atoms with E-state index < -0.39 is 0 Å². The average molecular weight is 238 g/mol. The maximum Gasteiger partial charge on any atom is 0.0893 e. The van der Waals surface area contributed by atoms with E-state index in [1.807, 2.05) is 6.26 Å². The molecule has 0 bridgehead atoms. The number of fused-ring (bicyclic) bond motifs is 1. The van der Waals surface area contributed by atoms with Crippen molar-refractivity contribution in [3.8, 4) is 0 Å². The minimum atomic E-state index is 0.0110. The Balaban J connectivity index is 1.62. The van der Waals surface area contributed by atoms with E-state index in [9.17, 15) is 0 Å². The molecule has 17 heavy (non-hydrogen) atoms. The van der Waals surface area contributed by atoms with Gasteiger partial charge in [-0.2, -0.15) is 0 Å². The van der Waals surface area contributed by atoms with Gasteiger partial charge in [0.2, 0.25) is 0 Å². The van der Waals surface area contributed by atoms with Crippen molar-refractivity contribution in [3.63, 3.8) is 0 Å². The van der Waals surface area contributed by atoms with E-state index in [-0.39, 0.29) is 12.1 Å². The second kappa shape index (κ2) is 4.96. The normalized spacial score (nSPS) is 35.9. The van der Waals surface area contributed by atoms with Crippen LogP contribution in [-0.2, 0) is 9.47 Å². The molecule has 0 spiro atoms. The van der Waals surface area contributed by atoms with Crippen LogP contribution in [0.5, 0.6) is 0 Å². The second-order valence-corrected chi connectivity index (χ2v) is 5.36. The zero-order chi connectivity index (χ0) is 11.7. The maximum atomic E-state index is 6.31. The summed E-state index contributed by atoms with van der Waals surface area (Å²) in [5.41, 5.74) is 7.53. The third-order valence-electron chi connectivity index (χ3n) is 4.21. The Hall–Kier alpha value is -0.580. The van der Waals surface area contributed by atoms with Crippen LogP contribution in [0.2, 0.25) is 0 Å². The van der Waals surface area contributed by atoms with Crippen LogP contribution in [-0.4, -0.2) is 49.4 Å². The van der Waals surface area contributed by atoms with E-state index >= 15 is 0 Å². The van der Waals surface area contributed by atoms with Gasteiger partial charge in [0, 0.05) is 12.6 Å². The molecule has 4 heteroatoms. The molecule has 3 aliphatic heterocycles. The molecule has 0 aromatic rings. The Labute approximate surface area is 103 Å². The lowest BCUT2D eigenvalue weighted by Crippen LogP contribution is -2.53. The van der Waals surface area contributed by atoms with E-state index in [1.165, 1.54) is 25.0 Å². The molecule has 96 valence electrons. The molecule has 3 heterocycles. The van der Waals surface area contributed by atoms with Crippen molar-refractivity contribution in [1.29, 1.82) is 0 Å². The highest BCUT2D eigenvalue weighted by Gasteiger charge is 2.35. The fourth-order valence-electron chi connectivity index (χ4n) is 3.13. The average Bonchev–Trinajstić information content (AvgIpc) is 2.86. The number of nitrogens with two attached hydrogens (primary N) is 1. The van der Waals surface area contributed by atoms with E-state index in [1.54, 1.807) is 0 Å². The molecule has 0 aromatic heterocycles. The van der Waals surface area contributed by atoms with E-state index in [0.29, 0.717) is 6.04 Å². The fourth-order valence-corrected chi connectivity index (χ4v) is 3.13. The number of ether oxygens (including phenoxy) is 2. The largest absolute Gasteiger partial charge is 0.501 e. The van der Waals surface area contributed by atoms with Crippen molar-refractivity contribution >= 4 is 0 Å². The third kappa shape index (κ3) is 2.34. The summed E-state index contributed by atoms with van der Waals surface area (Å²) in [5.74, 6) is 0. The number of hydrogen-bond acceptors (Lipinski definition) is 4. The Morgan fingerprint density at radius 3 is 3.18 bits per heavy atom. The Morgan fingerprint density at radius 2 is 2.35 bits per heavy atom. The topological polar surface area (TPSA) is 47.7 Å². The van der Waals surface area contributed by atoms with Gasteiger partial charge in [0.1, 0.15) is 0 Å². The second-order valence-electron chi connectivity index (χ2n) is 5.36. The molecule has 0 aromatic carbocycles. The molecule has 3 aliphatic rings. The predicted octanol–water partition coefficient (Wildman–Crippen LogP) is 0.871. The molecule has 3 atom stereocenters. The smallest absolute Gasteiger partial charge is 0.0893 e. The molecular formula is C13H22N2O2. The number of morpholine rings is 1. The van der Waals surface area contributed by atoms with Gasteiger partial charge in [-0.1, -0.05) is 0 Å². The zero-order valence-corrected chi connectivity index (χ0v) is 10.3. The summed E-state index contributed by atoms with van der Waals surface area (Å²) >= 11 is 0. The first kappa shape index (κ1) is 11.5. The molecule has 3 unspecified atom stereocenters. The van der Waals surface area contributed by atoms with Crippen LogP contribution < -0.4 is 5.73 Å². The molecule has 2 N–H and O–H groups in total. The SMILES string of the molecule is NC(C1=COCCC1)C1CN2CCCC2CO1. The molecule has 2 fully saturated rings. The maximum absolute atomic E-state index is 6.31. The van der Waals surface area contributed by atoms with Gasteiger partial charge >= 0.3 is 0 Å². The van der Waals surface area contributed by atoms with Gasteiger partial charge in [0.25, 0.3) is 0 Å². The van der Waals surface area contributed by atoms with E-state index in [0.717, 1.165) is 32.6 Å². The van der Waals surface area contributed by atoms with Crippen molar-refractivity contribution in [1.82, 2.24) is 4.90 Å². The number of rotatable bonds is 2. The third-order valence-corrected chi connectivity index (χ3v) is 4.21. The van der Waals surface area contributed by atoms with Gasteiger partial charge < -0.3 is 15.2 Å². The summed E-state index contributed by atoms with van der Waals surface area (Å²) < 4.78 is 11.3. The molecular weight excluding hydrogens is 216 g/mol. The zero-order valence-electron chi connectivity index (χ0n) is 10.3. The predicted molar refractivity (Wildman–Crippen MR) is 65.6 cm³/mol. The van der Waals surface area contributed by atoms with Crippen LogP contribution in [0.15, 0.2) is 11.8 Å². The summed E-state index contributed by atoms with van der Waals surface area (Å²) in [4.78, 5) is 2.54. The van der Waals surface area contributed by atoms with Crippen molar-refractivity contribution in [3.05, 3.63) is 11.8 Å². The van der Waals surface area contributed by atoms with Gasteiger partial charge in [-0.25, -0.2) is 0 Å². The van der Waals surface area contributed by atoms with E-state index in [2.05, 4.69) is 4.90 Å². The standard InChI is InChI=1S/C13H22N2O2/c14-13(10-3-2-6-16-8-10)12-7-15-5-1-4-11(15)9-17-12/h8,11-13H,1-7,9,14H2. The summed E-state index contributed by atoms with van der Waals surface area (Å²) in [6.45, 7) is 3.89. The minimum Gasteiger partial charge on any atom is -0.501 e. The highest BCUT2D eigenvalue weighted by Crippen LogP contribution is 2.26. The van der Waals surface area contributed by atoms with Crippen LogP contribution in [0.4, 0.5) is 0 Å². The van der Waals surface area contributed by atoms with Gasteiger partial charge in [0.15, 0.2) is 0 Å². The first-order valence-electron chi connectivity index (χ1n) is 6.76. The van der Waals surface area contributed by atoms with Crippen molar-refractivity contribution in [2.75, 3.05) is 26.3 Å². The Morgan fingerprint density at radius 1 is 1.41 bits per heavy atom. The summed E-state index contributed by atoms with van der Waals surface area (Å²) in [6.07, 6.45) is 6.74. The Bertz CT molecular complexity index is 306. The lowest BCUT2D eigenvalue weighted by molar-refractivity contribution is -0.0553. The highest BCUT2D eigenvalue weighted by atomic mass is 16.5. The van der Waals surface area contributed by atoms with Crippen LogP contribution in [0, 0.1) is 0 Å². The lowest BCUT2D eigenvalue weighted by Gasteiger charge is -2.38. The summed E-state index contributed by atoms with van der Waals surface area (Å²) in [5, 5.41) is 0. The van der Waals surface area contributed by atoms with Crippen LogP contribution in [0.25, 0.3) is 0 Å². The van der Waals surface area contributed by atoms with Gasteiger partial charge in [-0.3, -0.25) is 4.90 Å². The van der Waals surface area contributed by atoms with Crippen LogP contribution in [0.3, 0.4) is 0 Å². The molecule has 2 saturated heterocycles. The summed E-state index contributed by atoms with van der Waals surface area (Å²) in [7, 11) is 0. The van der Waals surface area contributed by atoms with Crippen LogP contribution >= 0.6 is 0 Å². The molecule has 0 aliphatic carbocycles. The van der Waals surface area contributed by atoms with E-state index in [4.69, 9.17) is 15.2 Å². The van der Waals surface area contributed by atoms with Gasteiger partial charge in [0.05, 0.1) is 31.6 Å². The highest BCUT2D eigenvalue weighted by molar-refractivity contribution is 5.12. The molecule has 0 amide bonds. The fraction of sp³-hybridized carbons (Fsp3) is 0.846. The minimum absolute atomic E-state index is 0.0110.